The van der Waals surface area contributed by atoms with Crippen molar-refractivity contribution in [2.75, 3.05) is 0 Å². The van der Waals surface area contributed by atoms with E-state index in [0.717, 1.165) is 11.4 Å². The van der Waals surface area contributed by atoms with E-state index in [0.29, 0.717) is 0 Å². The van der Waals surface area contributed by atoms with E-state index < -0.39 is 21.2 Å². The van der Waals surface area contributed by atoms with Crippen LogP contribution in [0.15, 0.2) is 169 Å². The van der Waals surface area contributed by atoms with Gasteiger partial charge in [0.1, 0.15) is 0 Å². The molecule has 0 fully saturated rings. The molecule has 56 heavy (non-hydrogen) atoms. The minimum absolute atomic E-state index is 0.0849. The number of hydrogen-bond acceptors (Lipinski definition) is 2. The predicted octanol–water partition coefficient (Wildman–Crippen LogP) is 9.06. The van der Waals surface area contributed by atoms with Gasteiger partial charge in [-0.05, 0) is 6.07 Å². The average Bonchev–Trinajstić information content (AvgIpc) is 3.72. The molecule has 3 heterocycles. The van der Waals surface area contributed by atoms with Crippen LogP contribution in [0.25, 0.3) is 79.3 Å². The number of benzene rings is 8. The summed E-state index contributed by atoms with van der Waals surface area (Å²) >= 11 is 1.43. The first-order valence-electron chi connectivity index (χ1n) is 19.2. The first-order valence-corrected chi connectivity index (χ1v) is 22.3. The summed E-state index contributed by atoms with van der Waals surface area (Å²) in [6.07, 6.45) is 0. The van der Waals surface area contributed by atoms with Gasteiger partial charge in [-0.25, -0.2) is 0 Å². The number of thiophene rings is 1. The monoisotopic (exact) mass is 845 g/mol. The summed E-state index contributed by atoms with van der Waals surface area (Å²) in [5.74, 6) is 0. The van der Waals surface area contributed by atoms with E-state index in [2.05, 4.69) is 186 Å². The minimum atomic E-state index is -0.472. The molecular weight excluding hydrogens is 812 g/mol. The zero-order valence-corrected chi connectivity index (χ0v) is 33.8. The number of halogens is 1. The molecule has 4 heteroatoms. The molecule has 0 bridgehead atoms. The van der Waals surface area contributed by atoms with Crippen LogP contribution in [0.5, 0.6) is 0 Å². The van der Waals surface area contributed by atoms with Gasteiger partial charge in [0.05, 0.1) is 0 Å². The van der Waals surface area contributed by atoms with Crippen LogP contribution in [-0.4, -0.2) is 8.29 Å². The Morgan fingerprint density at radius 2 is 1.23 bits per heavy atom. The van der Waals surface area contributed by atoms with Gasteiger partial charge >= 0.3 is 278 Å². The Morgan fingerprint density at radius 1 is 0.554 bits per heavy atom. The molecule has 0 unspecified atom stereocenters. The molecule has 0 saturated heterocycles. The molecule has 2 aliphatic rings. The van der Waals surface area contributed by atoms with Gasteiger partial charge in [-0.2, -0.15) is 0 Å². The molecular formula is C52H34IN2S-. The standard InChI is InChI=1S/C52H34IN2S/c1-52(2)43-21-8-5-18-40(43)48-47-32(13-11-22-44(47)52)30-53-51(54-48)31-25-27-33(28-26-31)55-45-23-9-6-15-35(45)42-29-41(34-14-3-4-17-37(34)49(42)55)39-20-12-19-38-36-16-7-10-24-46(36)56-50(38)39/h3-30H,1-2H3/q-1. The Bertz CT molecular complexity index is 3470. The van der Waals surface area contributed by atoms with E-state index in [4.69, 9.17) is 4.99 Å². The van der Waals surface area contributed by atoms with Crippen LogP contribution in [0, 0.1) is 0 Å². The van der Waals surface area contributed by atoms with Crippen molar-refractivity contribution in [3.8, 4) is 16.8 Å². The summed E-state index contributed by atoms with van der Waals surface area (Å²) in [6, 6.07) is 60.8. The molecule has 10 aromatic rings. The summed E-state index contributed by atoms with van der Waals surface area (Å²) in [6.45, 7) is 4.71. The number of aromatic nitrogens is 1. The molecule has 1 aliphatic carbocycles. The molecule has 2 nitrogen and oxygen atoms in total. The summed E-state index contributed by atoms with van der Waals surface area (Å²) in [5.41, 5.74) is 12.4. The van der Waals surface area contributed by atoms with Crippen molar-refractivity contribution in [3.63, 3.8) is 0 Å². The first-order chi connectivity index (χ1) is 27.5. The van der Waals surface area contributed by atoms with E-state index in [1.165, 1.54) is 100 Å². The van der Waals surface area contributed by atoms with Crippen molar-refractivity contribution in [2.45, 2.75) is 19.3 Å². The molecule has 0 amide bonds. The normalized spacial score (nSPS) is 14.7. The quantitative estimate of drug-likeness (QED) is 0.158. The van der Waals surface area contributed by atoms with Crippen molar-refractivity contribution in [2.24, 2.45) is 4.99 Å². The number of aliphatic imine (C=N–C) groups is 1. The van der Waals surface area contributed by atoms with Crippen molar-refractivity contribution < 1.29 is 21.2 Å². The molecule has 0 spiro atoms. The third-order valence-electron chi connectivity index (χ3n) is 12.1. The van der Waals surface area contributed by atoms with Crippen LogP contribution >= 0.6 is 11.3 Å². The van der Waals surface area contributed by atoms with E-state index in [1.54, 1.807) is 0 Å². The second-order valence-corrected chi connectivity index (χ2v) is 18.8. The van der Waals surface area contributed by atoms with Gasteiger partial charge in [0.25, 0.3) is 0 Å². The second-order valence-electron chi connectivity index (χ2n) is 15.5. The Labute approximate surface area is 338 Å². The number of hydrogen-bond donors (Lipinski definition) is 0. The molecule has 266 valence electrons. The molecule has 12 rings (SSSR count). The number of para-hydroxylation sites is 1. The molecule has 0 atom stereocenters. The van der Waals surface area contributed by atoms with E-state index in [9.17, 15) is 0 Å². The van der Waals surface area contributed by atoms with Crippen molar-refractivity contribution in [1.29, 1.82) is 0 Å². The Morgan fingerprint density at radius 3 is 2.11 bits per heavy atom. The van der Waals surface area contributed by atoms with Gasteiger partial charge < -0.3 is 0 Å². The SMILES string of the molecule is CC1(C)c2ccccc2C2=c3c1cccc3=C[I-]C(c1ccc(-n3c4ccccc4c4cc(-c5cccc6c5sc5ccccc56)c5ccccc5c43)cc1)=N2. The third-order valence-corrected chi connectivity index (χ3v) is 15.7. The third kappa shape index (κ3) is 4.57. The number of fused-ring (bicyclic) bond motifs is 10. The zero-order chi connectivity index (χ0) is 37.1. The van der Waals surface area contributed by atoms with E-state index >= 15 is 0 Å². The molecule has 2 aromatic heterocycles. The topological polar surface area (TPSA) is 17.3 Å². The summed E-state index contributed by atoms with van der Waals surface area (Å²) in [5, 5.41) is 10.4. The molecule has 8 aromatic carbocycles. The second kappa shape index (κ2) is 12.1. The summed E-state index contributed by atoms with van der Waals surface area (Å²) < 4.78 is 8.84. The van der Waals surface area contributed by atoms with Crippen LogP contribution in [-0.2, 0) is 5.41 Å². The predicted molar refractivity (Wildman–Crippen MR) is 234 cm³/mol. The van der Waals surface area contributed by atoms with E-state index in [-0.39, 0.29) is 5.41 Å². The van der Waals surface area contributed by atoms with Crippen molar-refractivity contribution in [3.05, 3.63) is 196 Å². The van der Waals surface area contributed by atoms with Gasteiger partial charge in [0, 0.05) is 15.5 Å². The summed E-state index contributed by atoms with van der Waals surface area (Å²) in [7, 11) is 0. The number of rotatable bonds is 3. The van der Waals surface area contributed by atoms with Crippen LogP contribution < -0.4 is 31.6 Å². The summed E-state index contributed by atoms with van der Waals surface area (Å²) in [4.78, 5) is 5.58. The van der Waals surface area contributed by atoms with Crippen LogP contribution in [0.3, 0.4) is 0 Å². The van der Waals surface area contributed by atoms with Crippen molar-refractivity contribution >= 4 is 77.6 Å². The molecule has 0 radical (unpaired) electrons. The molecule has 0 N–H and O–H groups in total. The Hall–Kier alpha value is -5.82. The first kappa shape index (κ1) is 32.4. The maximum atomic E-state index is 5.58. The van der Waals surface area contributed by atoms with Gasteiger partial charge in [0.2, 0.25) is 0 Å². The van der Waals surface area contributed by atoms with Gasteiger partial charge in [0.15, 0.2) is 0 Å². The van der Waals surface area contributed by atoms with Gasteiger partial charge in [-0.1, -0.05) is 30.3 Å². The molecule has 1 aliphatic heterocycles. The van der Waals surface area contributed by atoms with Gasteiger partial charge in [-0.3, -0.25) is 0 Å². The Balaban J connectivity index is 1.05. The fourth-order valence-corrected chi connectivity index (χ4v) is 12.9. The average molecular weight is 846 g/mol. The number of nitrogens with zero attached hydrogens (tertiary/aromatic N) is 2. The van der Waals surface area contributed by atoms with Crippen LogP contribution in [0.2, 0.25) is 0 Å². The van der Waals surface area contributed by atoms with Crippen LogP contribution in [0.4, 0.5) is 0 Å². The fraction of sp³-hybridized carbons (Fsp3) is 0.0577. The fourth-order valence-electron chi connectivity index (χ4n) is 9.46. The maximum absolute atomic E-state index is 5.58. The van der Waals surface area contributed by atoms with Crippen molar-refractivity contribution in [1.82, 2.24) is 4.57 Å². The van der Waals surface area contributed by atoms with Crippen LogP contribution in [0.1, 0.15) is 36.1 Å². The zero-order valence-electron chi connectivity index (χ0n) is 30.8. The molecule has 0 saturated carbocycles. The van der Waals surface area contributed by atoms with Gasteiger partial charge in [-0.15, -0.1) is 11.3 Å². The van der Waals surface area contributed by atoms with E-state index in [1.807, 2.05) is 11.3 Å². The Kier molecular flexibility index (Phi) is 7.00.